The highest BCUT2D eigenvalue weighted by atomic mass is 35.5. The topological polar surface area (TPSA) is 15.3 Å². The number of nitrogens with zero attached hydrogens (tertiary/aromatic N) is 1. The lowest BCUT2D eigenvalue weighted by molar-refractivity contribution is 0.284. The van der Waals surface area contributed by atoms with Crippen LogP contribution in [-0.4, -0.2) is 31.1 Å². The number of nitrogens with one attached hydrogen (secondary N) is 1. The van der Waals surface area contributed by atoms with Crippen molar-refractivity contribution in [3.8, 4) is 0 Å². The molecule has 0 radical (unpaired) electrons. The molecule has 0 unspecified atom stereocenters. The number of hydrogen-bond acceptors (Lipinski definition) is 2. The molecule has 1 aromatic rings. The highest BCUT2D eigenvalue weighted by Gasteiger charge is 2.11. The van der Waals surface area contributed by atoms with Crippen molar-refractivity contribution in [2.75, 3.05) is 26.2 Å². The maximum Gasteiger partial charge on any atom is 0.0637 e. The first kappa shape index (κ1) is 15.1. The first-order valence-corrected chi connectivity index (χ1v) is 6.39. The Kier molecular flexibility index (Phi) is 6.60. The molecule has 0 bridgehead atoms. The molecule has 0 aliphatic carbocycles. The number of hydrogen-bond donors (Lipinski definition) is 1. The van der Waals surface area contributed by atoms with Crippen molar-refractivity contribution in [2.24, 2.45) is 0 Å². The monoisotopic (exact) mass is 294 g/mol. The molecule has 0 spiro atoms. The van der Waals surface area contributed by atoms with Crippen LogP contribution < -0.4 is 5.32 Å². The van der Waals surface area contributed by atoms with E-state index in [1.54, 1.807) is 0 Å². The summed E-state index contributed by atoms with van der Waals surface area (Å²) in [6, 6.07) is 5.84. The number of benzene rings is 1. The molecule has 0 amide bonds. The van der Waals surface area contributed by atoms with E-state index in [4.69, 9.17) is 23.2 Å². The first-order valence-electron chi connectivity index (χ1n) is 5.63. The first-order chi connectivity index (χ1) is 7.77. The lowest BCUT2D eigenvalue weighted by Crippen LogP contribution is -2.27. The molecule has 1 saturated heterocycles. The molecule has 1 fully saturated rings. The van der Waals surface area contributed by atoms with Gasteiger partial charge in [-0.2, -0.15) is 0 Å². The van der Waals surface area contributed by atoms with Gasteiger partial charge < -0.3 is 5.32 Å². The minimum Gasteiger partial charge on any atom is -0.315 e. The Hall–Kier alpha value is 0.01000. The quantitative estimate of drug-likeness (QED) is 0.901. The summed E-state index contributed by atoms with van der Waals surface area (Å²) in [5, 5.41) is 4.73. The standard InChI is InChI=1S/C12H16Cl2N2.ClH/c13-11-4-1-3-10(12(11)14)9-16-7-2-5-15-6-8-16;/h1,3-4,15H,2,5-9H2;1H. The molecule has 2 nitrogen and oxygen atoms in total. The maximum absolute atomic E-state index is 6.18. The van der Waals surface area contributed by atoms with Crippen LogP contribution in [0.5, 0.6) is 0 Å². The second-order valence-electron chi connectivity index (χ2n) is 4.09. The molecule has 0 aromatic heterocycles. The van der Waals surface area contributed by atoms with Gasteiger partial charge in [-0.25, -0.2) is 0 Å². The Morgan fingerprint density at radius 3 is 2.82 bits per heavy atom. The van der Waals surface area contributed by atoms with Crippen LogP contribution in [0.4, 0.5) is 0 Å². The van der Waals surface area contributed by atoms with Crippen molar-refractivity contribution >= 4 is 35.6 Å². The fraction of sp³-hybridized carbons (Fsp3) is 0.500. The molecule has 1 aromatic carbocycles. The van der Waals surface area contributed by atoms with Crippen molar-refractivity contribution in [3.63, 3.8) is 0 Å². The molecular formula is C12H17Cl3N2. The van der Waals surface area contributed by atoms with Crippen molar-refractivity contribution in [1.82, 2.24) is 10.2 Å². The predicted octanol–water partition coefficient (Wildman–Crippen LogP) is 3.21. The van der Waals surface area contributed by atoms with E-state index in [-0.39, 0.29) is 12.4 Å². The van der Waals surface area contributed by atoms with Crippen LogP contribution in [0.25, 0.3) is 0 Å². The summed E-state index contributed by atoms with van der Waals surface area (Å²) in [7, 11) is 0. The normalized spacial score (nSPS) is 17.3. The number of rotatable bonds is 2. The fourth-order valence-electron chi connectivity index (χ4n) is 1.97. The zero-order chi connectivity index (χ0) is 11.4. The molecule has 0 saturated carbocycles. The van der Waals surface area contributed by atoms with E-state index in [0.29, 0.717) is 10.0 Å². The van der Waals surface area contributed by atoms with Gasteiger partial charge in [0, 0.05) is 19.6 Å². The average molecular weight is 296 g/mol. The van der Waals surface area contributed by atoms with E-state index in [0.717, 1.165) is 38.3 Å². The minimum atomic E-state index is 0. The van der Waals surface area contributed by atoms with Gasteiger partial charge in [0.05, 0.1) is 10.0 Å². The van der Waals surface area contributed by atoms with Crippen LogP contribution in [0.15, 0.2) is 18.2 Å². The van der Waals surface area contributed by atoms with Gasteiger partial charge in [-0.3, -0.25) is 4.90 Å². The Balaban J connectivity index is 0.00000144. The summed E-state index contributed by atoms with van der Waals surface area (Å²) >= 11 is 12.2. The van der Waals surface area contributed by atoms with Gasteiger partial charge in [0.2, 0.25) is 0 Å². The average Bonchev–Trinajstić information content (AvgIpc) is 2.53. The Labute approximate surface area is 119 Å². The van der Waals surface area contributed by atoms with Crippen LogP contribution >= 0.6 is 35.6 Å². The molecule has 0 atom stereocenters. The predicted molar refractivity (Wildman–Crippen MR) is 76.5 cm³/mol. The van der Waals surface area contributed by atoms with Crippen molar-refractivity contribution in [1.29, 1.82) is 0 Å². The van der Waals surface area contributed by atoms with Gasteiger partial charge in [0.25, 0.3) is 0 Å². The summed E-state index contributed by atoms with van der Waals surface area (Å²) < 4.78 is 0. The summed E-state index contributed by atoms with van der Waals surface area (Å²) in [5.74, 6) is 0. The molecular weight excluding hydrogens is 279 g/mol. The largest absolute Gasteiger partial charge is 0.315 e. The third-order valence-corrected chi connectivity index (χ3v) is 3.72. The third-order valence-electron chi connectivity index (χ3n) is 2.86. The van der Waals surface area contributed by atoms with Crippen LogP contribution in [0.2, 0.25) is 10.0 Å². The zero-order valence-electron chi connectivity index (χ0n) is 9.59. The summed E-state index contributed by atoms with van der Waals surface area (Å²) in [6.45, 7) is 5.25. The lowest BCUT2D eigenvalue weighted by Gasteiger charge is -2.20. The maximum atomic E-state index is 6.18. The SMILES string of the molecule is Cl.Clc1cccc(CN2CCCNCC2)c1Cl. The van der Waals surface area contributed by atoms with Gasteiger partial charge in [0.15, 0.2) is 0 Å². The molecule has 96 valence electrons. The second kappa shape index (κ2) is 7.45. The smallest absolute Gasteiger partial charge is 0.0637 e. The summed E-state index contributed by atoms with van der Waals surface area (Å²) in [4.78, 5) is 2.41. The minimum absolute atomic E-state index is 0. The van der Waals surface area contributed by atoms with Crippen LogP contribution in [-0.2, 0) is 6.54 Å². The molecule has 1 aliphatic rings. The van der Waals surface area contributed by atoms with Gasteiger partial charge in [-0.15, -0.1) is 12.4 Å². The van der Waals surface area contributed by atoms with Crippen molar-refractivity contribution in [3.05, 3.63) is 33.8 Å². The van der Waals surface area contributed by atoms with E-state index < -0.39 is 0 Å². The van der Waals surface area contributed by atoms with Crippen molar-refractivity contribution < 1.29 is 0 Å². The van der Waals surface area contributed by atoms with Crippen LogP contribution in [0.3, 0.4) is 0 Å². The summed E-state index contributed by atoms with van der Waals surface area (Å²) in [5.41, 5.74) is 1.12. The molecule has 1 N–H and O–H groups in total. The van der Waals surface area contributed by atoms with Gasteiger partial charge >= 0.3 is 0 Å². The molecule has 2 rings (SSSR count). The Morgan fingerprint density at radius 1 is 1.18 bits per heavy atom. The van der Waals surface area contributed by atoms with E-state index in [9.17, 15) is 0 Å². The Bertz CT molecular complexity index is 350. The molecule has 5 heteroatoms. The fourth-order valence-corrected chi connectivity index (χ4v) is 2.35. The third kappa shape index (κ3) is 4.31. The Morgan fingerprint density at radius 2 is 2.00 bits per heavy atom. The van der Waals surface area contributed by atoms with Gasteiger partial charge in [-0.05, 0) is 31.1 Å². The van der Waals surface area contributed by atoms with E-state index in [1.165, 1.54) is 6.42 Å². The number of halogens is 3. The summed E-state index contributed by atoms with van der Waals surface area (Å²) in [6.07, 6.45) is 1.19. The van der Waals surface area contributed by atoms with E-state index >= 15 is 0 Å². The second-order valence-corrected chi connectivity index (χ2v) is 4.88. The van der Waals surface area contributed by atoms with Crippen LogP contribution in [0, 0.1) is 0 Å². The highest BCUT2D eigenvalue weighted by molar-refractivity contribution is 6.42. The van der Waals surface area contributed by atoms with Gasteiger partial charge in [-0.1, -0.05) is 35.3 Å². The van der Waals surface area contributed by atoms with E-state index in [1.807, 2.05) is 18.2 Å². The molecule has 1 aliphatic heterocycles. The van der Waals surface area contributed by atoms with Crippen LogP contribution in [0.1, 0.15) is 12.0 Å². The molecule has 17 heavy (non-hydrogen) atoms. The lowest BCUT2D eigenvalue weighted by atomic mass is 10.2. The van der Waals surface area contributed by atoms with E-state index in [2.05, 4.69) is 10.2 Å². The molecule has 1 heterocycles. The van der Waals surface area contributed by atoms with Crippen molar-refractivity contribution in [2.45, 2.75) is 13.0 Å². The zero-order valence-corrected chi connectivity index (χ0v) is 11.9. The highest BCUT2D eigenvalue weighted by Crippen LogP contribution is 2.26. The van der Waals surface area contributed by atoms with Gasteiger partial charge in [0.1, 0.15) is 0 Å².